The zero-order valence-electron chi connectivity index (χ0n) is 10.5. The molecule has 0 fully saturated rings. The Kier molecular flexibility index (Phi) is 4.31. The fourth-order valence-corrected chi connectivity index (χ4v) is 1.70. The van der Waals surface area contributed by atoms with Crippen molar-refractivity contribution in [3.63, 3.8) is 0 Å². The summed E-state index contributed by atoms with van der Waals surface area (Å²) in [4.78, 5) is 4.38. The molecule has 2 rings (SSSR count). The monoisotopic (exact) mass is 243 g/mol. The third kappa shape index (κ3) is 3.31. The molecular formula is C15H17NO2. The van der Waals surface area contributed by atoms with Gasteiger partial charge in [0.2, 0.25) is 5.88 Å². The predicted molar refractivity (Wildman–Crippen MR) is 70.3 cm³/mol. The number of rotatable bonds is 5. The number of hydrogen-bond donors (Lipinski definition) is 1. The summed E-state index contributed by atoms with van der Waals surface area (Å²) in [5.74, 6) is 0.572. The highest BCUT2D eigenvalue weighted by Crippen LogP contribution is 2.15. The molecule has 18 heavy (non-hydrogen) atoms. The summed E-state index contributed by atoms with van der Waals surface area (Å²) in [7, 11) is 0. The van der Waals surface area contributed by atoms with E-state index in [1.165, 1.54) is 0 Å². The van der Waals surface area contributed by atoms with Crippen molar-refractivity contribution >= 4 is 0 Å². The van der Waals surface area contributed by atoms with E-state index in [9.17, 15) is 5.11 Å². The molecule has 1 heterocycles. The molecule has 0 saturated carbocycles. The highest BCUT2D eigenvalue weighted by Gasteiger charge is 2.02. The molecule has 0 spiro atoms. The zero-order valence-corrected chi connectivity index (χ0v) is 10.5. The topological polar surface area (TPSA) is 42.4 Å². The van der Waals surface area contributed by atoms with Crippen molar-refractivity contribution in [3.05, 3.63) is 59.3 Å². The maximum absolute atomic E-state index is 9.18. The largest absolute Gasteiger partial charge is 0.473 e. The molecular weight excluding hydrogens is 226 g/mol. The minimum absolute atomic E-state index is 0.0111. The molecule has 0 bridgehead atoms. The second-order valence-electron chi connectivity index (χ2n) is 4.09. The van der Waals surface area contributed by atoms with Crippen LogP contribution in [0.5, 0.6) is 5.88 Å². The number of ether oxygens (including phenoxy) is 1. The summed E-state index contributed by atoms with van der Waals surface area (Å²) >= 11 is 0. The van der Waals surface area contributed by atoms with E-state index >= 15 is 0 Å². The van der Waals surface area contributed by atoms with Gasteiger partial charge in [-0.1, -0.05) is 37.3 Å². The van der Waals surface area contributed by atoms with Gasteiger partial charge >= 0.3 is 0 Å². The van der Waals surface area contributed by atoms with Gasteiger partial charge < -0.3 is 9.84 Å². The molecule has 0 amide bonds. The molecule has 0 aliphatic carbocycles. The van der Waals surface area contributed by atoms with Crippen LogP contribution in [-0.4, -0.2) is 10.1 Å². The van der Waals surface area contributed by atoms with E-state index in [0.717, 1.165) is 23.2 Å². The Morgan fingerprint density at radius 1 is 1.11 bits per heavy atom. The predicted octanol–water partition coefficient (Wildman–Crippen LogP) is 2.72. The molecule has 3 nitrogen and oxygen atoms in total. The Bertz CT molecular complexity index is 475. The van der Waals surface area contributed by atoms with Gasteiger partial charge in [0.25, 0.3) is 0 Å². The lowest BCUT2D eigenvalue weighted by Crippen LogP contribution is -2.00. The average molecular weight is 243 g/mol. The van der Waals surface area contributed by atoms with E-state index in [2.05, 4.69) is 4.98 Å². The number of pyridine rings is 1. The first kappa shape index (κ1) is 12.6. The first-order valence-corrected chi connectivity index (χ1v) is 6.09. The van der Waals surface area contributed by atoms with E-state index in [-0.39, 0.29) is 6.61 Å². The van der Waals surface area contributed by atoms with E-state index in [1.54, 1.807) is 6.07 Å². The second-order valence-corrected chi connectivity index (χ2v) is 4.09. The van der Waals surface area contributed by atoms with Gasteiger partial charge in [-0.2, -0.15) is 0 Å². The first-order chi connectivity index (χ1) is 8.81. The molecule has 2 aromatic rings. The van der Waals surface area contributed by atoms with E-state index in [0.29, 0.717) is 12.5 Å². The smallest absolute Gasteiger partial charge is 0.214 e. The lowest BCUT2D eigenvalue weighted by atomic mass is 10.2. The summed E-state index contributed by atoms with van der Waals surface area (Å²) in [6.07, 6.45) is 0.829. The van der Waals surface area contributed by atoms with Crippen molar-refractivity contribution in [2.75, 3.05) is 0 Å². The lowest BCUT2D eigenvalue weighted by molar-refractivity contribution is 0.274. The second kappa shape index (κ2) is 6.17. The van der Waals surface area contributed by atoms with Gasteiger partial charge in [0.1, 0.15) is 6.61 Å². The molecule has 0 saturated heterocycles. The molecule has 0 unspecified atom stereocenters. The first-order valence-electron chi connectivity index (χ1n) is 6.09. The fourth-order valence-electron chi connectivity index (χ4n) is 1.70. The van der Waals surface area contributed by atoms with E-state index < -0.39 is 0 Å². The van der Waals surface area contributed by atoms with Crippen molar-refractivity contribution in [2.24, 2.45) is 0 Å². The van der Waals surface area contributed by atoms with Crippen molar-refractivity contribution in [3.8, 4) is 5.88 Å². The van der Waals surface area contributed by atoms with E-state index in [4.69, 9.17) is 4.74 Å². The van der Waals surface area contributed by atoms with Crippen molar-refractivity contribution < 1.29 is 9.84 Å². The lowest BCUT2D eigenvalue weighted by Gasteiger charge is -2.08. The SMILES string of the molecule is CCc1cc(CO)cc(OCc2ccccc2)n1. The van der Waals surface area contributed by atoms with Crippen molar-refractivity contribution in [1.82, 2.24) is 4.98 Å². The molecule has 1 N–H and O–H groups in total. The standard InChI is InChI=1S/C15H17NO2/c1-2-14-8-13(10-17)9-15(16-14)18-11-12-6-4-3-5-7-12/h3-9,17H,2,10-11H2,1H3. The van der Waals surface area contributed by atoms with Gasteiger partial charge in [-0.05, 0) is 23.6 Å². The van der Waals surface area contributed by atoms with Gasteiger partial charge in [-0.15, -0.1) is 0 Å². The summed E-state index contributed by atoms with van der Waals surface area (Å²) < 4.78 is 5.65. The molecule has 0 aliphatic rings. The number of nitrogens with zero attached hydrogens (tertiary/aromatic N) is 1. The van der Waals surface area contributed by atoms with Crippen LogP contribution in [0.2, 0.25) is 0 Å². The maximum Gasteiger partial charge on any atom is 0.214 e. The fraction of sp³-hybridized carbons (Fsp3) is 0.267. The molecule has 1 aromatic heterocycles. The third-order valence-electron chi connectivity index (χ3n) is 2.69. The molecule has 1 aromatic carbocycles. The van der Waals surface area contributed by atoms with Crippen LogP contribution in [0.1, 0.15) is 23.7 Å². The summed E-state index contributed by atoms with van der Waals surface area (Å²) in [5, 5.41) is 9.18. The summed E-state index contributed by atoms with van der Waals surface area (Å²) in [5.41, 5.74) is 2.88. The number of aromatic nitrogens is 1. The highest BCUT2D eigenvalue weighted by molar-refractivity contribution is 5.25. The summed E-state index contributed by atoms with van der Waals surface area (Å²) in [6.45, 7) is 2.54. The van der Waals surface area contributed by atoms with Crippen LogP contribution in [0.4, 0.5) is 0 Å². The summed E-state index contributed by atoms with van der Waals surface area (Å²) in [6, 6.07) is 13.6. The number of benzene rings is 1. The zero-order chi connectivity index (χ0) is 12.8. The van der Waals surface area contributed by atoms with Crippen molar-refractivity contribution in [1.29, 1.82) is 0 Å². The molecule has 0 atom stereocenters. The van der Waals surface area contributed by atoms with Crippen LogP contribution in [0.3, 0.4) is 0 Å². The molecule has 94 valence electrons. The van der Waals surface area contributed by atoms with E-state index in [1.807, 2.05) is 43.3 Å². The van der Waals surface area contributed by atoms with Gasteiger partial charge in [0.15, 0.2) is 0 Å². The molecule has 0 aliphatic heterocycles. The Balaban J connectivity index is 2.09. The van der Waals surface area contributed by atoms with Gasteiger partial charge in [0.05, 0.1) is 6.61 Å². The van der Waals surface area contributed by atoms with Crippen LogP contribution in [0.15, 0.2) is 42.5 Å². The number of aliphatic hydroxyl groups excluding tert-OH is 1. The van der Waals surface area contributed by atoms with Crippen molar-refractivity contribution in [2.45, 2.75) is 26.6 Å². The third-order valence-corrected chi connectivity index (χ3v) is 2.69. The molecule has 3 heteroatoms. The van der Waals surface area contributed by atoms with Crippen LogP contribution in [-0.2, 0) is 19.6 Å². The van der Waals surface area contributed by atoms with Gasteiger partial charge in [0, 0.05) is 11.8 Å². The highest BCUT2D eigenvalue weighted by atomic mass is 16.5. The normalized spacial score (nSPS) is 10.3. The van der Waals surface area contributed by atoms with Gasteiger partial charge in [-0.3, -0.25) is 0 Å². The van der Waals surface area contributed by atoms with Gasteiger partial charge in [-0.25, -0.2) is 4.98 Å². The number of hydrogen-bond acceptors (Lipinski definition) is 3. The quantitative estimate of drug-likeness (QED) is 0.878. The Morgan fingerprint density at radius 3 is 2.56 bits per heavy atom. The van der Waals surface area contributed by atoms with Crippen LogP contribution in [0, 0.1) is 0 Å². The van der Waals surface area contributed by atoms with Crippen LogP contribution < -0.4 is 4.74 Å². The minimum Gasteiger partial charge on any atom is -0.473 e. The number of aliphatic hydroxyl groups is 1. The maximum atomic E-state index is 9.18. The Labute approximate surface area is 107 Å². The average Bonchev–Trinajstić information content (AvgIpc) is 2.45. The number of aryl methyl sites for hydroxylation is 1. The Hall–Kier alpha value is -1.87. The molecule has 0 radical (unpaired) electrons. The Morgan fingerprint density at radius 2 is 1.89 bits per heavy atom. The van der Waals surface area contributed by atoms with Crippen LogP contribution >= 0.6 is 0 Å². The van der Waals surface area contributed by atoms with Crippen LogP contribution in [0.25, 0.3) is 0 Å². The minimum atomic E-state index is 0.0111.